The lowest BCUT2D eigenvalue weighted by Crippen LogP contribution is -2.30. The number of ether oxygens (including phenoxy) is 2. The Labute approximate surface area is 156 Å². The van der Waals surface area contributed by atoms with E-state index in [1.807, 2.05) is 6.92 Å². The molecule has 0 radical (unpaired) electrons. The van der Waals surface area contributed by atoms with E-state index in [1.165, 1.54) is 19.1 Å². The smallest absolute Gasteiger partial charge is 0.338 e. The first-order valence-corrected chi connectivity index (χ1v) is 8.30. The molecule has 2 rings (SSSR count). The SMILES string of the molecule is CCOc1ccc(NC(=O)[C@H](C)OC(=O)c2cccc(NC(N)=O)c2)cc1. The molecule has 4 N–H and O–H groups in total. The first-order chi connectivity index (χ1) is 12.9. The highest BCUT2D eigenvalue weighted by Crippen LogP contribution is 2.17. The number of esters is 1. The van der Waals surface area contributed by atoms with Crippen LogP contribution in [0.3, 0.4) is 0 Å². The lowest BCUT2D eigenvalue weighted by atomic mass is 10.2. The number of urea groups is 1. The molecule has 1 atom stereocenters. The Morgan fingerprint density at radius 3 is 2.37 bits per heavy atom. The van der Waals surface area contributed by atoms with E-state index in [4.69, 9.17) is 15.2 Å². The number of nitrogens with two attached hydrogens (primary N) is 1. The van der Waals surface area contributed by atoms with Crippen LogP contribution >= 0.6 is 0 Å². The fourth-order valence-electron chi connectivity index (χ4n) is 2.19. The van der Waals surface area contributed by atoms with Gasteiger partial charge < -0.3 is 25.8 Å². The molecule has 0 saturated carbocycles. The molecule has 0 heterocycles. The van der Waals surface area contributed by atoms with E-state index >= 15 is 0 Å². The molecule has 142 valence electrons. The van der Waals surface area contributed by atoms with Gasteiger partial charge in [0.25, 0.3) is 5.91 Å². The number of benzene rings is 2. The third-order valence-corrected chi connectivity index (χ3v) is 3.45. The van der Waals surface area contributed by atoms with Crippen LogP contribution in [-0.2, 0) is 9.53 Å². The van der Waals surface area contributed by atoms with Crippen molar-refractivity contribution >= 4 is 29.3 Å². The Morgan fingerprint density at radius 1 is 1.04 bits per heavy atom. The Bertz CT molecular complexity index is 820. The van der Waals surface area contributed by atoms with Crippen LogP contribution in [0, 0.1) is 0 Å². The van der Waals surface area contributed by atoms with Gasteiger partial charge in [-0.05, 0) is 56.3 Å². The van der Waals surface area contributed by atoms with Gasteiger partial charge in [-0.25, -0.2) is 9.59 Å². The molecular weight excluding hydrogens is 350 g/mol. The van der Waals surface area contributed by atoms with Crippen LogP contribution in [0.15, 0.2) is 48.5 Å². The summed E-state index contributed by atoms with van der Waals surface area (Å²) in [5.74, 6) is -0.476. The Morgan fingerprint density at radius 2 is 1.74 bits per heavy atom. The van der Waals surface area contributed by atoms with Crippen LogP contribution in [-0.4, -0.2) is 30.6 Å². The fourth-order valence-corrected chi connectivity index (χ4v) is 2.19. The number of carbonyl (C=O) groups excluding carboxylic acids is 3. The first kappa shape index (κ1) is 19.8. The van der Waals surface area contributed by atoms with Crippen molar-refractivity contribution in [3.63, 3.8) is 0 Å². The van der Waals surface area contributed by atoms with Gasteiger partial charge in [0.1, 0.15) is 5.75 Å². The standard InChI is InChI=1S/C19H21N3O5/c1-3-26-16-9-7-14(8-10-16)21-17(23)12(2)27-18(24)13-5-4-6-15(11-13)22-19(20)25/h4-12H,3H2,1-2H3,(H,21,23)(H3,20,22,25)/t12-/m0/s1. The number of rotatable bonds is 7. The van der Waals surface area contributed by atoms with Gasteiger partial charge in [-0.1, -0.05) is 6.07 Å². The van der Waals surface area contributed by atoms with Crippen molar-refractivity contribution in [3.8, 4) is 5.75 Å². The van der Waals surface area contributed by atoms with Crippen molar-refractivity contribution in [1.29, 1.82) is 0 Å². The lowest BCUT2D eigenvalue weighted by molar-refractivity contribution is -0.123. The monoisotopic (exact) mass is 371 g/mol. The van der Waals surface area contributed by atoms with E-state index < -0.39 is 24.0 Å². The normalized spacial score (nSPS) is 11.2. The lowest BCUT2D eigenvalue weighted by Gasteiger charge is -2.14. The molecule has 8 heteroatoms. The minimum Gasteiger partial charge on any atom is -0.494 e. The zero-order valence-corrected chi connectivity index (χ0v) is 15.0. The molecule has 0 fully saturated rings. The summed E-state index contributed by atoms with van der Waals surface area (Å²) in [6.07, 6.45) is -1.02. The highest BCUT2D eigenvalue weighted by atomic mass is 16.5. The van der Waals surface area contributed by atoms with Crippen molar-refractivity contribution in [2.45, 2.75) is 20.0 Å². The van der Waals surface area contributed by atoms with Crippen molar-refractivity contribution in [1.82, 2.24) is 0 Å². The Kier molecular flexibility index (Phi) is 6.76. The molecule has 0 aliphatic heterocycles. The summed E-state index contributed by atoms with van der Waals surface area (Å²) in [5, 5.41) is 5.02. The largest absolute Gasteiger partial charge is 0.494 e. The van der Waals surface area contributed by atoms with E-state index in [0.29, 0.717) is 23.7 Å². The summed E-state index contributed by atoms with van der Waals surface area (Å²) in [4.78, 5) is 35.3. The summed E-state index contributed by atoms with van der Waals surface area (Å²) in [6.45, 7) is 3.90. The molecular formula is C19H21N3O5. The van der Waals surface area contributed by atoms with Gasteiger partial charge >= 0.3 is 12.0 Å². The molecule has 0 aliphatic carbocycles. The van der Waals surface area contributed by atoms with Gasteiger partial charge in [0.05, 0.1) is 12.2 Å². The first-order valence-electron chi connectivity index (χ1n) is 8.30. The van der Waals surface area contributed by atoms with E-state index in [9.17, 15) is 14.4 Å². The summed E-state index contributed by atoms with van der Waals surface area (Å²) < 4.78 is 10.5. The second-order valence-corrected chi connectivity index (χ2v) is 5.56. The molecule has 0 saturated heterocycles. The molecule has 0 bridgehead atoms. The number of hydrogen-bond donors (Lipinski definition) is 3. The second-order valence-electron chi connectivity index (χ2n) is 5.56. The molecule has 8 nitrogen and oxygen atoms in total. The average molecular weight is 371 g/mol. The maximum absolute atomic E-state index is 12.2. The highest BCUT2D eigenvalue weighted by Gasteiger charge is 2.19. The Hall–Kier alpha value is -3.55. The minimum atomic E-state index is -1.02. The number of carbonyl (C=O) groups is 3. The highest BCUT2D eigenvalue weighted by molar-refractivity contribution is 5.98. The molecule has 2 aromatic rings. The van der Waals surface area contributed by atoms with Gasteiger partial charge in [0.2, 0.25) is 0 Å². The molecule has 0 aromatic heterocycles. The van der Waals surface area contributed by atoms with Crippen LogP contribution in [0.4, 0.5) is 16.2 Å². The minimum absolute atomic E-state index is 0.182. The number of amides is 3. The van der Waals surface area contributed by atoms with Crippen molar-refractivity contribution < 1.29 is 23.9 Å². The molecule has 3 amide bonds. The van der Waals surface area contributed by atoms with E-state index in [1.54, 1.807) is 36.4 Å². The summed E-state index contributed by atoms with van der Waals surface area (Å²) in [6, 6.07) is 12.1. The fraction of sp³-hybridized carbons (Fsp3) is 0.211. The molecule has 0 aliphatic rings. The molecule has 0 unspecified atom stereocenters. The quantitative estimate of drug-likeness (QED) is 0.647. The van der Waals surface area contributed by atoms with Crippen molar-refractivity contribution in [2.75, 3.05) is 17.2 Å². The van der Waals surface area contributed by atoms with Crippen molar-refractivity contribution in [3.05, 3.63) is 54.1 Å². The molecule has 27 heavy (non-hydrogen) atoms. The Balaban J connectivity index is 1.95. The van der Waals surface area contributed by atoms with Crippen LogP contribution in [0.5, 0.6) is 5.75 Å². The van der Waals surface area contributed by atoms with Gasteiger partial charge in [-0.2, -0.15) is 0 Å². The van der Waals surface area contributed by atoms with Gasteiger partial charge in [-0.15, -0.1) is 0 Å². The summed E-state index contributed by atoms with van der Waals surface area (Å²) in [5.41, 5.74) is 6.13. The third-order valence-electron chi connectivity index (χ3n) is 3.45. The van der Waals surface area contributed by atoms with Crippen molar-refractivity contribution in [2.24, 2.45) is 5.73 Å². The number of anilines is 2. The van der Waals surface area contributed by atoms with E-state index in [2.05, 4.69) is 10.6 Å². The number of nitrogens with one attached hydrogen (secondary N) is 2. The zero-order chi connectivity index (χ0) is 19.8. The van der Waals surface area contributed by atoms with Crippen LogP contribution in [0.25, 0.3) is 0 Å². The van der Waals surface area contributed by atoms with Crippen LogP contribution in [0.2, 0.25) is 0 Å². The van der Waals surface area contributed by atoms with Gasteiger partial charge in [-0.3, -0.25) is 4.79 Å². The van der Waals surface area contributed by atoms with Crippen LogP contribution < -0.4 is 21.1 Å². The average Bonchev–Trinajstić information content (AvgIpc) is 2.63. The second kappa shape index (κ2) is 9.23. The van der Waals surface area contributed by atoms with E-state index in [-0.39, 0.29) is 5.56 Å². The summed E-state index contributed by atoms with van der Waals surface area (Å²) in [7, 11) is 0. The van der Waals surface area contributed by atoms with Gasteiger partial charge in [0.15, 0.2) is 6.10 Å². The summed E-state index contributed by atoms with van der Waals surface area (Å²) >= 11 is 0. The zero-order valence-electron chi connectivity index (χ0n) is 15.0. The topological polar surface area (TPSA) is 120 Å². The maximum Gasteiger partial charge on any atom is 0.338 e. The molecule has 0 spiro atoms. The maximum atomic E-state index is 12.2. The number of hydrogen-bond acceptors (Lipinski definition) is 5. The molecule has 2 aromatic carbocycles. The predicted molar refractivity (Wildman–Crippen MR) is 101 cm³/mol. The third kappa shape index (κ3) is 6.03. The predicted octanol–water partition coefficient (Wildman–Crippen LogP) is 2.76. The van der Waals surface area contributed by atoms with E-state index in [0.717, 1.165) is 0 Å². The van der Waals surface area contributed by atoms with Crippen LogP contribution in [0.1, 0.15) is 24.2 Å². The number of primary amides is 1. The van der Waals surface area contributed by atoms with Gasteiger partial charge in [0, 0.05) is 11.4 Å².